The number of hydrogen-bond donors (Lipinski definition) is 1. The molecule has 1 fully saturated rings. The molecule has 1 aliphatic heterocycles. The third kappa shape index (κ3) is 2.36. The number of piperazine rings is 1. The molecule has 0 amide bonds. The van der Waals surface area contributed by atoms with Gasteiger partial charge in [-0.3, -0.25) is 0 Å². The Balaban J connectivity index is 2.37. The second-order valence-corrected chi connectivity index (χ2v) is 4.41. The van der Waals surface area contributed by atoms with E-state index in [9.17, 15) is 4.39 Å². The lowest BCUT2D eigenvalue weighted by atomic mass is 10.1. The van der Waals surface area contributed by atoms with Crippen LogP contribution in [-0.4, -0.2) is 39.9 Å². The third-order valence-electron chi connectivity index (χ3n) is 3.26. The van der Waals surface area contributed by atoms with Crippen molar-refractivity contribution in [2.75, 3.05) is 38.8 Å². The molecule has 0 aromatic heterocycles. The quantitative estimate of drug-likeness (QED) is 0.889. The summed E-state index contributed by atoms with van der Waals surface area (Å²) in [6, 6.07) is 3.80. The summed E-state index contributed by atoms with van der Waals surface area (Å²) in [7, 11) is 2.92. The molecule has 1 atom stereocenters. The Bertz CT molecular complexity index is 400. The zero-order valence-electron chi connectivity index (χ0n) is 11.0. The molecule has 0 radical (unpaired) electrons. The topological polar surface area (TPSA) is 33.7 Å². The van der Waals surface area contributed by atoms with Crippen LogP contribution in [-0.2, 0) is 0 Å². The van der Waals surface area contributed by atoms with Gasteiger partial charge in [0.1, 0.15) is 0 Å². The summed E-state index contributed by atoms with van der Waals surface area (Å²) in [5.41, 5.74) is 0.930. The molecule has 4 nitrogen and oxygen atoms in total. The Labute approximate surface area is 107 Å². The van der Waals surface area contributed by atoms with Gasteiger partial charge in [0.25, 0.3) is 0 Å². The Morgan fingerprint density at radius 3 is 2.39 bits per heavy atom. The summed E-state index contributed by atoms with van der Waals surface area (Å²) in [4.78, 5) is 2.22. The fraction of sp³-hybridized carbons (Fsp3) is 0.538. The van der Waals surface area contributed by atoms with Crippen LogP contribution in [0.15, 0.2) is 12.1 Å². The molecule has 1 saturated heterocycles. The van der Waals surface area contributed by atoms with Crippen LogP contribution in [0, 0.1) is 5.82 Å². The number of halogens is 1. The van der Waals surface area contributed by atoms with Gasteiger partial charge in [-0.25, -0.2) is 0 Å². The Hall–Kier alpha value is -1.49. The molecule has 1 aromatic carbocycles. The highest BCUT2D eigenvalue weighted by atomic mass is 19.1. The second kappa shape index (κ2) is 5.44. The molecule has 1 aromatic rings. The number of ether oxygens (including phenoxy) is 2. The van der Waals surface area contributed by atoms with E-state index in [-0.39, 0.29) is 11.5 Å². The van der Waals surface area contributed by atoms with Gasteiger partial charge in [0.05, 0.1) is 14.2 Å². The predicted octanol–water partition coefficient (Wildman–Crippen LogP) is 1.64. The highest BCUT2D eigenvalue weighted by molar-refractivity contribution is 5.57. The van der Waals surface area contributed by atoms with Gasteiger partial charge < -0.3 is 19.7 Å². The molecule has 1 aliphatic rings. The van der Waals surface area contributed by atoms with E-state index in [4.69, 9.17) is 9.47 Å². The zero-order chi connectivity index (χ0) is 13.1. The average Bonchev–Trinajstić information content (AvgIpc) is 2.40. The van der Waals surface area contributed by atoms with Gasteiger partial charge in [0.2, 0.25) is 5.82 Å². The van der Waals surface area contributed by atoms with Gasteiger partial charge in [-0.15, -0.1) is 0 Å². The van der Waals surface area contributed by atoms with E-state index in [1.54, 1.807) is 12.1 Å². The van der Waals surface area contributed by atoms with Crippen LogP contribution in [0.25, 0.3) is 0 Å². The Morgan fingerprint density at radius 1 is 1.28 bits per heavy atom. The van der Waals surface area contributed by atoms with Crippen LogP contribution in [0.1, 0.15) is 6.92 Å². The van der Waals surface area contributed by atoms with E-state index in [1.807, 2.05) is 0 Å². The SMILES string of the molecule is COc1cc(N2CCNC[C@@H]2C)cc(OC)c1F. The summed E-state index contributed by atoms with van der Waals surface area (Å²) in [5, 5.41) is 3.32. The lowest BCUT2D eigenvalue weighted by Crippen LogP contribution is -2.49. The number of rotatable bonds is 3. The Kier molecular flexibility index (Phi) is 3.91. The first-order valence-electron chi connectivity index (χ1n) is 6.06. The zero-order valence-corrected chi connectivity index (χ0v) is 11.0. The lowest BCUT2D eigenvalue weighted by molar-refractivity contribution is 0.350. The number of hydrogen-bond acceptors (Lipinski definition) is 4. The molecule has 0 bridgehead atoms. The Morgan fingerprint density at radius 2 is 1.89 bits per heavy atom. The second-order valence-electron chi connectivity index (χ2n) is 4.41. The molecule has 18 heavy (non-hydrogen) atoms. The van der Waals surface area contributed by atoms with E-state index in [0.717, 1.165) is 25.3 Å². The predicted molar refractivity (Wildman–Crippen MR) is 69.2 cm³/mol. The van der Waals surface area contributed by atoms with Crippen molar-refractivity contribution in [1.82, 2.24) is 5.32 Å². The van der Waals surface area contributed by atoms with Crippen molar-refractivity contribution in [3.8, 4) is 11.5 Å². The number of anilines is 1. The smallest absolute Gasteiger partial charge is 0.206 e. The largest absolute Gasteiger partial charge is 0.493 e. The van der Waals surface area contributed by atoms with Crippen molar-refractivity contribution in [2.45, 2.75) is 13.0 Å². The molecule has 2 rings (SSSR count). The highest BCUT2D eigenvalue weighted by Crippen LogP contribution is 2.33. The minimum absolute atomic E-state index is 0.218. The first-order chi connectivity index (χ1) is 8.67. The van der Waals surface area contributed by atoms with Crippen molar-refractivity contribution < 1.29 is 13.9 Å². The number of nitrogens with one attached hydrogen (secondary N) is 1. The van der Waals surface area contributed by atoms with E-state index in [0.29, 0.717) is 6.04 Å². The monoisotopic (exact) mass is 254 g/mol. The van der Waals surface area contributed by atoms with Gasteiger partial charge in [0, 0.05) is 43.5 Å². The van der Waals surface area contributed by atoms with Crippen molar-refractivity contribution in [3.05, 3.63) is 17.9 Å². The molecule has 1 N–H and O–H groups in total. The van der Waals surface area contributed by atoms with Crippen LogP contribution in [0.4, 0.5) is 10.1 Å². The number of nitrogens with zero attached hydrogens (tertiary/aromatic N) is 1. The molecule has 100 valence electrons. The maximum atomic E-state index is 13.8. The van der Waals surface area contributed by atoms with Gasteiger partial charge in [-0.05, 0) is 6.92 Å². The van der Waals surface area contributed by atoms with Gasteiger partial charge in [-0.2, -0.15) is 4.39 Å². The molecule has 0 unspecified atom stereocenters. The van der Waals surface area contributed by atoms with Crippen LogP contribution < -0.4 is 19.7 Å². The number of benzene rings is 1. The van der Waals surface area contributed by atoms with Crippen molar-refractivity contribution in [3.63, 3.8) is 0 Å². The summed E-state index contributed by atoms with van der Waals surface area (Å²) >= 11 is 0. The normalized spacial score (nSPS) is 19.8. The summed E-state index contributed by atoms with van der Waals surface area (Å²) in [5.74, 6) is -0.0169. The molecular weight excluding hydrogens is 235 g/mol. The van der Waals surface area contributed by atoms with Crippen LogP contribution in [0.5, 0.6) is 11.5 Å². The first-order valence-corrected chi connectivity index (χ1v) is 6.06. The van der Waals surface area contributed by atoms with Gasteiger partial charge >= 0.3 is 0 Å². The molecule has 0 spiro atoms. The molecule has 5 heteroatoms. The van der Waals surface area contributed by atoms with Crippen LogP contribution in [0.3, 0.4) is 0 Å². The maximum absolute atomic E-state index is 13.8. The third-order valence-corrected chi connectivity index (χ3v) is 3.26. The lowest BCUT2D eigenvalue weighted by Gasteiger charge is -2.36. The standard InChI is InChI=1S/C13H19FN2O2/c1-9-8-15-4-5-16(9)10-6-11(17-2)13(14)12(7-10)18-3/h6-7,9,15H,4-5,8H2,1-3H3/t9-/m0/s1. The van der Waals surface area contributed by atoms with Gasteiger partial charge in [0.15, 0.2) is 11.5 Å². The van der Waals surface area contributed by atoms with Crippen LogP contribution >= 0.6 is 0 Å². The summed E-state index contributed by atoms with van der Waals surface area (Å²) in [6.07, 6.45) is 0. The molecule has 1 heterocycles. The molecular formula is C13H19FN2O2. The van der Waals surface area contributed by atoms with E-state index >= 15 is 0 Å². The van der Waals surface area contributed by atoms with E-state index in [1.165, 1.54) is 14.2 Å². The van der Waals surface area contributed by atoms with Crippen molar-refractivity contribution in [1.29, 1.82) is 0 Å². The summed E-state index contributed by atoms with van der Waals surface area (Å²) < 4.78 is 24.0. The molecule has 0 saturated carbocycles. The fourth-order valence-corrected chi connectivity index (χ4v) is 2.25. The van der Waals surface area contributed by atoms with E-state index in [2.05, 4.69) is 17.1 Å². The molecule has 0 aliphatic carbocycles. The van der Waals surface area contributed by atoms with E-state index < -0.39 is 5.82 Å². The average molecular weight is 254 g/mol. The minimum Gasteiger partial charge on any atom is -0.493 e. The maximum Gasteiger partial charge on any atom is 0.206 e. The summed E-state index contributed by atoms with van der Waals surface area (Å²) in [6.45, 7) is 4.86. The van der Waals surface area contributed by atoms with Crippen LogP contribution in [0.2, 0.25) is 0 Å². The minimum atomic E-state index is -0.452. The number of methoxy groups -OCH3 is 2. The van der Waals surface area contributed by atoms with Crippen molar-refractivity contribution in [2.24, 2.45) is 0 Å². The van der Waals surface area contributed by atoms with Gasteiger partial charge in [-0.1, -0.05) is 0 Å². The fourth-order valence-electron chi connectivity index (χ4n) is 2.25. The highest BCUT2D eigenvalue weighted by Gasteiger charge is 2.21. The first kappa shape index (κ1) is 13.0. The van der Waals surface area contributed by atoms with Crippen molar-refractivity contribution >= 4 is 5.69 Å².